The summed E-state index contributed by atoms with van der Waals surface area (Å²) >= 11 is 0. The molecule has 4 nitrogen and oxygen atoms in total. The highest BCUT2D eigenvalue weighted by Gasteiger charge is 2.51. The second-order valence-corrected chi connectivity index (χ2v) is 10.3. The first-order valence-electron chi connectivity index (χ1n) is 12.6. The van der Waals surface area contributed by atoms with Crippen LogP contribution in [0, 0.1) is 11.8 Å². The van der Waals surface area contributed by atoms with E-state index in [1.807, 2.05) is 48.5 Å². The highest BCUT2D eigenvalue weighted by Crippen LogP contribution is 2.43. The quantitative estimate of drug-likeness (QED) is 0.547. The minimum atomic E-state index is -0.888. The van der Waals surface area contributed by atoms with Crippen molar-refractivity contribution in [3.63, 3.8) is 0 Å². The van der Waals surface area contributed by atoms with Crippen LogP contribution in [0.4, 0.5) is 0 Å². The maximum atomic E-state index is 11.9. The fourth-order valence-electron chi connectivity index (χ4n) is 6.47. The molecule has 0 aromatic heterocycles. The summed E-state index contributed by atoms with van der Waals surface area (Å²) in [5, 5.41) is 11.9. The fraction of sp³-hybridized carbons (Fsp3) is 0.571. The Balaban J connectivity index is 0.00000259. The van der Waals surface area contributed by atoms with Crippen molar-refractivity contribution in [3.05, 3.63) is 66.2 Å². The fourth-order valence-corrected chi connectivity index (χ4v) is 6.47. The normalized spacial score (nSPS) is 29.8. The molecule has 2 bridgehead atoms. The van der Waals surface area contributed by atoms with Crippen LogP contribution in [-0.4, -0.2) is 48.2 Å². The predicted octanol–water partition coefficient (Wildman–Crippen LogP) is 2.12. The lowest BCUT2D eigenvalue weighted by Crippen LogP contribution is -3.00. The number of rotatable bonds is 8. The molecule has 3 unspecified atom stereocenters. The van der Waals surface area contributed by atoms with Crippen LogP contribution >= 0.6 is 0 Å². The molecule has 3 atom stereocenters. The van der Waals surface area contributed by atoms with E-state index in [-0.39, 0.29) is 35.2 Å². The Bertz CT molecular complexity index is 865. The third-order valence-corrected chi connectivity index (χ3v) is 8.60. The zero-order valence-corrected chi connectivity index (χ0v) is 21.3. The number of aliphatic hydroxyl groups is 1. The van der Waals surface area contributed by atoms with Crippen LogP contribution in [0.2, 0.25) is 0 Å². The first-order chi connectivity index (χ1) is 15.6. The minimum absolute atomic E-state index is 0. The van der Waals surface area contributed by atoms with Crippen LogP contribution in [0.15, 0.2) is 60.7 Å². The van der Waals surface area contributed by atoms with Gasteiger partial charge < -0.3 is 31.6 Å². The van der Waals surface area contributed by atoms with Crippen molar-refractivity contribution in [1.82, 2.24) is 0 Å². The van der Waals surface area contributed by atoms with Crippen molar-refractivity contribution in [3.8, 4) is 5.75 Å². The highest BCUT2D eigenvalue weighted by molar-refractivity contribution is 5.24. The largest absolute Gasteiger partial charge is 1.00 e. The number of fused-ring (bicyclic) bond motifs is 3. The van der Waals surface area contributed by atoms with E-state index in [4.69, 9.17) is 9.47 Å². The number of benzene rings is 2. The van der Waals surface area contributed by atoms with Crippen molar-refractivity contribution < 1.29 is 36.0 Å². The van der Waals surface area contributed by atoms with Gasteiger partial charge in [-0.25, -0.2) is 0 Å². The van der Waals surface area contributed by atoms with E-state index in [0.29, 0.717) is 12.5 Å². The van der Waals surface area contributed by atoms with Gasteiger partial charge in [0.05, 0.1) is 19.7 Å². The van der Waals surface area contributed by atoms with Crippen LogP contribution in [0.25, 0.3) is 0 Å². The monoisotopic (exact) mass is 515 g/mol. The number of para-hydroxylation sites is 1. The Kier molecular flexibility index (Phi) is 7.84. The van der Waals surface area contributed by atoms with Gasteiger partial charge in [0.25, 0.3) is 0 Å². The Labute approximate surface area is 209 Å². The molecule has 0 radical (unpaired) electrons. The lowest BCUT2D eigenvalue weighted by Gasteiger charge is -2.54. The summed E-state index contributed by atoms with van der Waals surface area (Å²) in [5.41, 5.74) is 0.124. The summed E-state index contributed by atoms with van der Waals surface area (Å²) < 4.78 is 14.0. The van der Waals surface area contributed by atoms with Crippen LogP contribution in [-0.2, 0) is 10.3 Å². The van der Waals surface area contributed by atoms with Crippen LogP contribution in [0.5, 0.6) is 5.75 Å². The van der Waals surface area contributed by atoms with Gasteiger partial charge in [0.1, 0.15) is 24.0 Å². The minimum Gasteiger partial charge on any atom is -1.00 e. The second-order valence-electron chi connectivity index (χ2n) is 10.3. The summed E-state index contributed by atoms with van der Waals surface area (Å²) in [6.45, 7) is 5.91. The predicted molar refractivity (Wildman–Crippen MR) is 126 cm³/mol. The van der Waals surface area contributed by atoms with Crippen molar-refractivity contribution >= 4 is 0 Å². The molecule has 4 fully saturated rings. The molecule has 3 aliphatic heterocycles. The number of hydrogen-bond donors (Lipinski definition) is 1. The Morgan fingerprint density at radius 1 is 0.939 bits per heavy atom. The van der Waals surface area contributed by atoms with Gasteiger partial charge in [0, 0.05) is 25.7 Å². The van der Waals surface area contributed by atoms with Crippen molar-refractivity contribution in [2.75, 3.05) is 26.2 Å². The third-order valence-electron chi connectivity index (χ3n) is 8.60. The maximum absolute atomic E-state index is 11.9. The molecular formula is C28H38BrNO3. The number of halogens is 1. The molecule has 2 aromatic rings. The van der Waals surface area contributed by atoms with Gasteiger partial charge in [-0.15, -0.1) is 0 Å². The van der Waals surface area contributed by atoms with E-state index in [2.05, 4.69) is 19.1 Å². The Hall–Kier alpha value is -1.40. The van der Waals surface area contributed by atoms with Crippen molar-refractivity contribution in [2.45, 2.75) is 63.4 Å². The third kappa shape index (κ3) is 5.02. The number of quaternary nitrogens is 1. The Morgan fingerprint density at radius 3 is 2.18 bits per heavy atom. The topological polar surface area (TPSA) is 38.7 Å². The number of ether oxygens (including phenoxy) is 2. The summed E-state index contributed by atoms with van der Waals surface area (Å²) in [7, 11) is 0. The summed E-state index contributed by atoms with van der Waals surface area (Å²) in [5.74, 6) is 1.83. The average Bonchev–Trinajstić information content (AvgIpc) is 3.40. The lowest BCUT2D eigenvalue weighted by molar-refractivity contribution is -0.982. The number of piperidine rings is 3. The van der Waals surface area contributed by atoms with Gasteiger partial charge in [0.2, 0.25) is 6.23 Å². The molecule has 1 aliphatic carbocycles. The van der Waals surface area contributed by atoms with Crippen LogP contribution in [0.1, 0.15) is 51.0 Å². The molecule has 1 saturated carbocycles. The standard InChI is InChI=1S/C28H38NO3.BrH/c1-22(32-26-14-6-3-7-15-26)29-18-16-23(17-19-29)27(20-29)31-21-28(30,25-12-8-9-13-25)24-10-4-2-5-11-24;/h2-7,10-11,14-15,22-23,25,27,30H,8-9,12-13,16-21H2,1H3;1H/q+1;/p-1. The first kappa shape index (κ1) is 24.7. The molecule has 180 valence electrons. The van der Waals surface area contributed by atoms with Gasteiger partial charge in [0.15, 0.2) is 0 Å². The summed E-state index contributed by atoms with van der Waals surface area (Å²) in [6.07, 6.45) is 7.25. The molecule has 3 saturated heterocycles. The highest BCUT2D eigenvalue weighted by atomic mass is 79.9. The molecule has 5 heteroatoms. The molecule has 0 amide bonds. The smallest absolute Gasteiger partial charge is 0.230 e. The van der Waals surface area contributed by atoms with Crippen LogP contribution in [0.3, 0.4) is 0 Å². The number of nitrogens with zero attached hydrogens (tertiary/aromatic N) is 1. The Morgan fingerprint density at radius 2 is 1.55 bits per heavy atom. The number of hydrogen-bond acceptors (Lipinski definition) is 3. The zero-order valence-electron chi connectivity index (χ0n) is 19.7. The van der Waals surface area contributed by atoms with Crippen molar-refractivity contribution in [2.24, 2.45) is 11.8 Å². The molecule has 4 aliphatic rings. The first-order valence-corrected chi connectivity index (χ1v) is 12.6. The van der Waals surface area contributed by atoms with E-state index >= 15 is 0 Å². The molecular weight excluding hydrogens is 478 g/mol. The van der Waals surface area contributed by atoms with E-state index in [1.165, 1.54) is 25.7 Å². The van der Waals surface area contributed by atoms with Gasteiger partial charge in [-0.2, -0.15) is 0 Å². The van der Waals surface area contributed by atoms with Crippen LogP contribution < -0.4 is 21.7 Å². The van der Waals surface area contributed by atoms with Gasteiger partial charge >= 0.3 is 0 Å². The molecule has 33 heavy (non-hydrogen) atoms. The summed E-state index contributed by atoms with van der Waals surface area (Å²) in [6, 6.07) is 20.4. The lowest BCUT2D eigenvalue weighted by atomic mass is 9.80. The average molecular weight is 517 g/mol. The summed E-state index contributed by atoms with van der Waals surface area (Å²) in [4.78, 5) is 0. The maximum Gasteiger partial charge on any atom is 0.230 e. The van der Waals surface area contributed by atoms with E-state index in [0.717, 1.165) is 48.3 Å². The SMILES string of the molecule is CC(Oc1ccccc1)[N+]12CCC(CC1)C(OCC(O)(c1ccccc1)C1CCCC1)C2.[Br-]. The van der Waals surface area contributed by atoms with E-state index in [9.17, 15) is 5.11 Å². The second kappa shape index (κ2) is 10.5. The van der Waals surface area contributed by atoms with Crippen molar-refractivity contribution in [1.29, 1.82) is 0 Å². The van der Waals surface area contributed by atoms with Gasteiger partial charge in [-0.3, -0.25) is 4.48 Å². The molecule has 1 N–H and O–H groups in total. The molecule has 0 spiro atoms. The molecule has 2 aromatic carbocycles. The molecule has 6 rings (SSSR count). The van der Waals surface area contributed by atoms with Gasteiger partial charge in [-0.1, -0.05) is 61.4 Å². The van der Waals surface area contributed by atoms with E-state index in [1.54, 1.807) is 0 Å². The van der Waals surface area contributed by atoms with E-state index < -0.39 is 5.60 Å². The van der Waals surface area contributed by atoms with Gasteiger partial charge in [-0.05, 0) is 36.5 Å². The zero-order chi connectivity index (χ0) is 22.0. The molecule has 3 heterocycles.